The molecule has 0 bridgehead atoms. The van der Waals surface area contributed by atoms with Crippen LogP contribution in [0.5, 0.6) is 5.75 Å². The second-order valence-electron chi connectivity index (χ2n) is 3.98. The van der Waals surface area contributed by atoms with Gasteiger partial charge in [-0.15, -0.1) is 0 Å². The van der Waals surface area contributed by atoms with Crippen LogP contribution in [0.3, 0.4) is 0 Å². The van der Waals surface area contributed by atoms with Crippen molar-refractivity contribution in [3.8, 4) is 5.75 Å². The standard InChI is InChI=1S/C13H15Cl2NO4/c1-2-16(6-5-13(18)19)12(17)8-20-9-3-4-10(14)11(15)7-9/h3-4,7H,2,5-6,8H2,1H3,(H,18,19). The highest BCUT2D eigenvalue weighted by Gasteiger charge is 2.13. The molecule has 7 heteroatoms. The van der Waals surface area contributed by atoms with E-state index in [1.54, 1.807) is 19.1 Å². The lowest BCUT2D eigenvalue weighted by Gasteiger charge is -2.20. The highest BCUT2D eigenvalue weighted by Crippen LogP contribution is 2.26. The molecule has 0 spiro atoms. The SMILES string of the molecule is CCN(CCC(=O)O)C(=O)COc1ccc(Cl)c(Cl)c1. The summed E-state index contributed by atoms with van der Waals surface area (Å²) in [6, 6.07) is 4.70. The maximum absolute atomic E-state index is 11.9. The fraction of sp³-hybridized carbons (Fsp3) is 0.385. The normalized spacial score (nSPS) is 10.2. The van der Waals surface area contributed by atoms with Crippen LogP contribution in [0, 0.1) is 0 Å². The van der Waals surface area contributed by atoms with Crippen LogP contribution in [0.2, 0.25) is 10.0 Å². The highest BCUT2D eigenvalue weighted by atomic mass is 35.5. The summed E-state index contributed by atoms with van der Waals surface area (Å²) in [7, 11) is 0. The number of carboxylic acid groups (broad SMARTS) is 1. The van der Waals surface area contributed by atoms with E-state index in [-0.39, 0.29) is 25.5 Å². The second-order valence-corrected chi connectivity index (χ2v) is 4.80. The molecule has 0 aromatic heterocycles. The second kappa shape index (κ2) is 7.97. The number of benzene rings is 1. The number of ether oxygens (including phenoxy) is 1. The van der Waals surface area contributed by atoms with Gasteiger partial charge < -0.3 is 14.7 Å². The minimum atomic E-state index is -0.943. The molecule has 0 saturated heterocycles. The van der Waals surface area contributed by atoms with Gasteiger partial charge in [0, 0.05) is 19.2 Å². The molecule has 1 rings (SSSR count). The minimum absolute atomic E-state index is 0.0909. The molecule has 0 unspecified atom stereocenters. The molecule has 1 aromatic rings. The van der Waals surface area contributed by atoms with Crippen LogP contribution >= 0.6 is 23.2 Å². The third-order valence-electron chi connectivity index (χ3n) is 2.58. The zero-order valence-corrected chi connectivity index (χ0v) is 12.4. The van der Waals surface area contributed by atoms with Crippen molar-refractivity contribution in [1.29, 1.82) is 0 Å². The van der Waals surface area contributed by atoms with Crippen molar-refractivity contribution in [3.05, 3.63) is 28.2 Å². The van der Waals surface area contributed by atoms with Crippen molar-refractivity contribution in [3.63, 3.8) is 0 Å². The molecule has 110 valence electrons. The van der Waals surface area contributed by atoms with Crippen LogP contribution in [0.1, 0.15) is 13.3 Å². The zero-order valence-electron chi connectivity index (χ0n) is 10.9. The van der Waals surface area contributed by atoms with Gasteiger partial charge in [0.2, 0.25) is 0 Å². The summed E-state index contributed by atoms with van der Waals surface area (Å²) >= 11 is 11.6. The summed E-state index contributed by atoms with van der Waals surface area (Å²) in [5, 5.41) is 9.35. The van der Waals surface area contributed by atoms with Gasteiger partial charge in [0.1, 0.15) is 5.75 Å². The van der Waals surface area contributed by atoms with E-state index in [9.17, 15) is 9.59 Å². The molecule has 0 heterocycles. The van der Waals surface area contributed by atoms with Gasteiger partial charge in [0.15, 0.2) is 6.61 Å². The number of hydrogen-bond acceptors (Lipinski definition) is 3. The van der Waals surface area contributed by atoms with Gasteiger partial charge in [-0.25, -0.2) is 0 Å². The van der Waals surface area contributed by atoms with Crippen LogP contribution < -0.4 is 4.74 Å². The summed E-state index contributed by atoms with van der Waals surface area (Å²) in [6.45, 7) is 2.19. The lowest BCUT2D eigenvalue weighted by molar-refractivity contribution is -0.139. The predicted molar refractivity (Wildman–Crippen MR) is 76.5 cm³/mol. The van der Waals surface area contributed by atoms with E-state index >= 15 is 0 Å². The molecular weight excluding hydrogens is 305 g/mol. The number of likely N-dealkylation sites (N-methyl/N-ethyl adjacent to an activating group) is 1. The van der Waals surface area contributed by atoms with E-state index in [1.807, 2.05) is 0 Å². The topological polar surface area (TPSA) is 66.8 Å². The number of carboxylic acids is 1. The monoisotopic (exact) mass is 319 g/mol. The maximum atomic E-state index is 11.9. The van der Waals surface area contributed by atoms with E-state index in [4.69, 9.17) is 33.0 Å². The van der Waals surface area contributed by atoms with Crippen LogP contribution in [0.15, 0.2) is 18.2 Å². The van der Waals surface area contributed by atoms with E-state index in [1.165, 1.54) is 11.0 Å². The molecule has 0 fully saturated rings. The Morgan fingerprint density at radius 1 is 1.30 bits per heavy atom. The quantitative estimate of drug-likeness (QED) is 0.839. The van der Waals surface area contributed by atoms with E-state index in [0.29, 0.717) is 22.3 Å². The molecule has 1 amide bonds. The summed E-state index contributed by atoms with van der Waals surface area (Å²) in [6.07, 6.45) is -0.0909. The number of amides is 1. The number of halogens is 2. The molecule has 1 N–H and O–H groups in total. The fourth-order valence-corrected chi connectivity index (χ4v) is 1.78. The third kappa shape index (κ3) is 5.27. The molecule has 1 aromatic carbocycles. The lowest BCUT2D eigenvalue weighted by atomic mass is 10.3. The smallest absolute Gasteiger partial charge is 0.305 e. The highest BCUT2D eigenvalue weighted by molar-refractivity contribution is 6.42. The zero-order chi connectivity index (χ0) is 15.1. The van der Waals surface area contributed by atoms with Crippen molar-refractivity contribution < 1.29 is 19.4 Å². The average Bonchev–Trinajstić information content (AvgIpc) is 2.40. The Hall–Kier alpha value is -1.46. The third-order valence-corrected chi connectivity index (χ3v) is 3.32. The van der Waals surface area contributed by atoms with Gasteiger partial charge in [-0.2, -0.15) is 0 Å². The van der Waals surface area contributed by atoms with Gasteiger partial charge >= 0.3 is 5.97 Å². The lowest BCUT2D eigenvalue weighted by Crippen LogP contribution is -2.36. The maximum Gasteiger partial charge on any atom is 0.305 e. The minimum Gasteiger partial charge on any atom is -0.484 e. The Bertz CT molecular complexity index is 493. The van der Waals surface area contributed by atoms with Gasteiger partial charge in [0.05, 0.1) is 16.5 Å². The van der Waals surface area contributed by atoms with Crippen LogP contribution in [0.4, 0.5) is 0 Å². The largest absolute Gasteiger partial charge is 0.484 e. The van der Waals surface area contributed by atoms with E-state index in [0.717, 1.165) is 0 Å². The molecule has 0 aliphatic carbocycles. The number of carbonyl (C=O) groups excluding carboxylic acids is 1. The van der Waals surface area contributed by atoms with Crippen molar-refractivity contribution in [1.82, 2.24) is 4.90 Å². The molecule has 0 atom stereocenters. The van der Waals surface area contributed by atoms with Crippen molar-refractivity contribution in [2.45, 2.75) is 13.3 Å². The molecule has 0 aliphatic heterocycles. The molecule has 20 heavy (non-hydrogen) atoms. The number of aliphatic carboxylic acids is 1. The number of carbonyl (C=O) groups is 2. The van der Waals surface area contributed by atoms with Crippen LogP contribution in [0.25, 0.3) is 0 Å². The molecule has 0 aliphatic rings. The summed E-state index contributed by atoms with van der Waals surface area (Å²) in [4.78, 5) is 23.8. The van der Waals surface area contributed by atoms with Gasteiger partial charge in [-0.3, -0.25) is 9.59 Å². The average molecular weight is 320 g/mol. The molecular formula is C13H15Cl2NO4. The first kappa shape index (κ1) is 16.6. The Kier molecular flexibility index (Phi) is 6.61. The van der Waals surface area contributed by atoms with Crippen molar-refractivity contribution in [2.75, 3.05) is 19.7 Å². The Balaban J connectivity index is 2.52. The number of nitrogens with zero attached hydrogens (tertiary/aromatic N) is 1. The van der Waals surface area contributed by atoms with E-state index < -0.39 is 5.97 Å². The fourth-order valence-electron chi connectivity index (χ4n) is 1.49. The van der Waals surface area contributed by atoms with E-state index in [2.05, 4.69) is 0 Å². The summed E-state index contributed by atoms with van der Waals surface area (Å²) < 4.78 is 5.31. The Morgan fingerprint density at radius 2 is 2.00 bits per heavy atom. The van der Waals surface area contributed by atoms with Crippen molar-refractivity contribution in [2.24, 2.45) is 0 Å². The van der Waals surface area contributed by atoms with Gasteiger partial charge in [0.25, 0.3) is 5.91 Å². The first-order valence-electron chi connectivity index (χ1n) is 6.01. The van der Waals surface area contributed by atoms with Crippen LogP contribution in [-0.2, 0) is 9.59 Å². The first-order valence-corrected chi connectivity index (χ1v) is 6.77. The number of rotatable bonds is 7. The Labute approximate surface area is 127 Å². The summed E-state index contributed by atoms with van der Waals surface area (Å²) in [5.74, 6) is -0.788. The Morgan fingerprint density at radius 3 is 2.55 bits per heavy atom. The van der Waals surface area contributed by atoms with Crippen molar-refractivity contribution >= 4 is 35.1 Å². The molecule has 0 radical (unpaired) electrons. The van der Waals surface area contributed by atoms with Crippen LogP contribution in [-0.4, -0.2) is 41.6 Å². The number of hydrogen-bond donors (Lipinski definition) is 1. The molecule has 0 saturated carbocycles. The van der Waals surface area contributed by atoms with Gasteiger partial charge in [-0.05, 0) is 19.1 Å². The summed E-state index contributed by atoms with van der Waals surface area (Å²) in [5.41, 5.74) is 0. The first-order chi connectivity index (χ1) is 9.43. The van der Waals surface area contributed by atoms with Gasteiger partial charge in [-0.1, -0.05) is 23.2 Å². The molecule has 5 nitrogen and oxygen atoms in total. The predicted octanol–water partition coefficient (Wildman–Crippen LogP) is 2.70.